The zero-order valence-corrected chi connectivity index (χ0v) is 5.90. The van der Waals surface area contributed by atoms with Crippen LogP contribution < -0.4 is 29.6 Å². The molecule has 0 fully saturated rings. The van der Waals surface area contributed by atoms with Gasteiger partial charge >= 0.3 is 29.6 Å². The Kier molecular flexibility index (Phi) is 4.91. The van der Waals surface area contributed by atoms with Crippen LogP contribution in [-0.4, -0.2) is 17.5 Å². The van der Waals surface area contributed by atoms with Gasteiger partial charge in [0.05, 0.1) is 0 Å². The second-order valence-electron chi connectivity index (χ2n) is 0.428. The van der Waals surface area contributed by atoms with Gasteiger partial charge in [-0.05, 0) is 0 Å². The Labute approximate surface area is 58.9 Å². The van der Waals surface area contributed by atoms with Crippen molar-refractivity contribution in [1.29, 1.82) is 0 Å². The van der Waals surface area contributed by atoms with Crippen LogP contribution in [0.5, 0.6) is 0 Å². The summed E-state index contributed by atoms with van der Waals surface area (Å²) in [7, 11) is -4.92. The molecule has 0 aromatic carbocycles. The summed E-state index contributed by atoms with van der Waals surface area (Å²) >= 11 is 0. The molecule has 0 rings (SSSR count). The third-order valence-electron chi connectivity index (χ3n) is 0. The van der Waals surface area contributed by atoms with E-state index >= 15 is 0 Å². The van der Waals surface area contributed by atoms with Gasteiger partial charge in [0.15, 0.2) is 0 Å². The van der Waals surface area contributed by atoms with Crippen LogP contribution >= 0.6 is 0 Å². The fourth-order valence-corrected chi connectivity index (χ4v) is 0. The molecule has 1 N–H and O–H groups in total. The van der Waals surface area contributed by atoms with E-state index in [-0.39, 0.29) is 31.0 Å². The van der Waals surface area contributed by atoms with Crippen LogP contribution in [0.1, 0.15) is 1.43 Å². The van der Waals surface area contributed by atoms with Gasteiger partial charge in [-0.1, -0.05) is 0 Å². The molecule has 0 heterocycles. The molecule has 0 saturated heterocycles. The minimum absolute atomic E-state index is 0. The maximum absolute atomic E-state index is 8.63. The second kappa shape index (κ2) is 2.95. The van der Waals surface area contributed by atoms with E-state index in [1.807, 2.05) is 0 Å². The molecule has 6 heavy (non-hydrogen) atoms. The molecule has 0 amide bonds. The summed E-state index contributed by atoms with van der Waals surface area (Å²) in [6, 6.07) is 0. The van der Waals surface area contributed by atoms with Crippen molar-refractivity contribution in [2.24, 2.45) is 0 Å². The molecular weight excluding hydrogens is 119 g/mol. The minimum atomic E-state index is -4.92. The van der Waals surface area contributed by atoms with E-state index in [0.717, 1.165) is 0 Å². The minimum Gasteiger partial charge on any atom is -0.726 e. The fraction of sp³-hybridized carbons (Fsp3) is 0. The topological polar surface area (TPSA) is 77.4 Å². The molecule has 0 spiro atoms. The van der Waals surface area contributed by atoms with Crippen molar-refractivity contribution < 1.29 is 48.5 Å². The number of rotatable bonds is 0. The monoisotopic (exact) mass is 122 g/mol. The second-order valence-corrected chi connectivity index (χ2v) is 1.28. The first kappa shape index (κ1) is 9.98. The molecule has 0 aromatic heterocycles. The Bertz CT molecular complexity index is 94.9. The Balaban J connectivity index is -0.0000000800. The van der Waals surface area contributed by atoms with E-state index in [9.17, 15) is 0 Å². The third-order valence-corrected chi connectivity index (χ3v) is 0. The molecule has 0 aliphatic carbocycles. The van der Waals surface area contributed by atoms with Crippen molar-refractivity contribution in [3.63, 3.8) is 0 Å². The molecule has 0 unspecified atom stereocenters. The molecule has 0 aliphatic heterocycles. The van der Waals surface area contributed by atoms with Crippen molar-refractivity contribution in [2.45, 2.75) is 0 Å². The maximum Gasteiger partial charge on any atom is 1.00 e. The predicted molar refractivity (Wildman–Crippen MR) is 14.4 cm³/mol. The molecule has 0 bridgehead atoms. The van der Waals surface area contributed by atoms with E-state index in [1.54, 1.807) is 0 Å². The van der Waals surface area contributed by atoms with Crippen LogP contribution in [0.3, 0.4) is 0 Å². The maximum atomic E-state index is 8.63. The van der Waals surface area contributed by atoms with Crippen molar-refractivity contribution in [2.75, 3.05) is 0 Å². The fourth-order valence-electron chi connectivity index (χ4n) is 0. The average Bonchev–Trinajstić information content (AvgIpc) is 0.722. The molecule has 0 aromatic rings. The van der Waals surface area contributed by atoms with Gasteiger partial charge in [-0.15, -0.1) is 0 Å². The van der Waals surface area contributed by atoms with Gasteiger partial charge in [0.25, 0.3) is 0 Å². The van der Waals surface area contributed by atoms with E-state index in [1.165, 1.54) is 0 Å². The molecule has 6 heteroatoms. The molecule has 0 atom stereocenters. The van der Waals surface area contributed by atoms with E-state index in [0.29, 0.717) is 0 Å². The Morgan fingerprint density at radius 2 is 1.67 bits per heavy atom. The first-order chi connectivity index (χ1) is 2.00. The average molecular weight is 122 g/mol. The summed E-state index contributed by atoms with van der Waals surface area (Å²) in [5, 5.41) is 0. The first-order valence-electron chi connectivity index (χ1n) is 0.683. The standard InChI is InChI=1S/Na.H2O4S.H2/c;1-5(2,3)4;/h;(H2,1,2,3,4);1H/q+1;;/p-1. The normalized spacial score (nSPS) is 9.67. The van der Waals surface area contributed by atoms with Crippen molar-refractivity contribution >= 4 is 10.4 Å². The van der Waals surface area contributed by atoms with Crippen LogP contribution in [0.4, 0.5) is 0 Å². The summed E-state index contributed by atoms with van der Waals surface area (Å²) in [4.78, 5) is 0. The number of hydrogen-bond donors (Lipinski definition) is 1. The summed E-state index contributed by atoms with van der Waals surface area (Å²) in [6.45, 7) is 0. The molecule has 34 valence electrons. The molecule has 0 aliphatic rings. The van der Waals surface area contributed by atoms with Crippen molar-refractivity contribution in [1.82, 2.24) is 0 Å². The SMILES string of the molecule is O=S(=O)([O-])O.[HH].[Na+]. The summed E-state index contributed by atoms with van der Waals surface area (Å²) in [5.74, 6) is 0. The van der Waals surface area contributed by atoms with E-state index < -0.39 is 10.4 Å². The Hall–Kier alpha value is 0.870. The van der Waals surface area contributed by atoms with Gasteiger partial charge in [0.2, 0.25) is 10.4 Å². The predicted octanol–water partition coefficient (Wildman–Crippen LogP) is -3.75. The van der Waals surface area contributed by atoms with Gasteiger partial charge in [-0.2, -0.15) is 0 Å². The van der Waals surface area contributed by atoms with Gasteiger partial charge in [0, 0.05) is 1.43 Å². The number of hydrogen-bond acceptors (Lipinski definition) is 3. The molecule has 0 saturated carbocycles. The molecular formula is H3NaO4S. The van der Waals surface area contributed by atoms with Crippen molar-refractivity contribution in [3.8, 4) is 0 Å². The van der Waals surface area contributed by atoms with Crippen LogP contribution in [0, 0.1) is 0 Å². The largest absolute Gasteiger partial charge is 1.00 e. The summed E-state index contributed by atoms with van der Waals surface area (Å²) in [6.07, 6.45) is 0. The van der Waals surface area contributed by atoms with Gasteiger partial charge in [-0.3, -0.25) is 4.55 Å². The van der Waals surface area contributed by atoms with Crippen LogP contribution in [-0.2, 0) is 10.4 Å². The molecule has 4 nitrogen and oxygen atoms in total. The Morgan fingerprint density at radius 3 is 1.67 bits per heavy atom. The van der Waals surface area contributed by atoms with E-state index in [2.05, 4.69) is 0 Å². The van der Waals surface area contributed by atoms with Crippen molar-refractivity contribution in [3.05, 3.63) is 0 Å². The third kappa shape index (κ3) is 96.4. The summed E-state index contributed by atoms with van der Waals surface area (Å²) < 4.78 is 32.8. The zero-order valence-electron chi connectivity index (χ0n) is 3.08. The Morgan fingerprint density at radius 1 is 1.67 bits per heavy atom. The van der Waals surface area contributed by atoms with Crippen LogP contribution in [0.2, 0.25) is 0 Å². The van der Waals surface area contributed by atoms with E-state index in [4.69, 9.17) is 17.5 Å². The quantitative estimate of drug-likeness (QED) is 0.203. The van der Waals surface area contributed by atoms with Gasteiger partial charge < -0.3 is 4.55 Å². The van der Waals surface area contributed by atoms with Gasteiger partial charge in [0.1, 0.15) is 0 Å². The van der Waals surface area contributed by atoms with Crippen LogP contribution in [0.25, 0.3) is 0 Å². The molecule has 0 radical (unpaired) electrons. The van der Waals surface area contributed by atoms with Crippen LogP contribution in [0.15, 0.2) is 0 Å². The smallest absolute Gasteiger partial charge is 0.726 e. The zero-order chi connectivity index (χ0) is 4.50. The van der Waals surface area contributed by atoms with Gasteiger partial charge in [-0.25, -0.2) is 8.42 Å². The first-order valence-corrected chi connectivity index (χ1v) is 2.05. The summed E-state index contributed by atoms with van der Waals surface area (Å²) in [5.41, 5.74) is 0.